The van der Waals surface area contributed by atoms with Crippen LogP contribution in [0.1, 0.15) is 32.6 Å². The average Bonchev–Trinajstić information content (AvgIpc) is 2.74. The number of ether oxygens (including phenoxy) is 2. The monoisotopic (exact) mass is 264 g/mol. The Balaban J connectivity index is 2.42. The summed E-state index contributed by atoms with van der Waals surface area (Å²) in [5.74, 6) is -0.817. The number of allylic oxidation sites excluding steroid dienone is 4. The van der Waals surface area contributed by atoms with Gasteiger partial charge in [-0.25, -0.2) is 0 Å². The lowest BCUT2D eigenvalue weighted by molar-refractivity contribution is -0.168. The second-order valence-corrected chi connectivity index (χ2v) is 5.33. The largest absolute Gasteiger partial charge is 0.468 e. The van der Waals surface area contributed by atoms with E-state index in [-0.39, 0.29) is 5.92 Å². The molecule has 0 N–H and O–H groups in total. The first kappa shape index (κ1) is 13.8. The highest BCUT2D eigenvalue weighted by Gasteiger charge is 2.55. The van der Waals surface area contributed by atoms with Crippen molar-refractivity contribution in [1.29, 1.82) is 0 Å². The first-order chi connectivity index (χ1) is 9.05. The third kappa shape index (κ3) is 2.20. The van der Waals surface area contributed by atoms with Gasteiger partial charge in [0.25, 0.3) is 0 Å². The molecule has 1 fully saturated rings. The number of carbonyl (C=O) groups is 2. The smallest absolute Gasteiger partial charge is 0.323 e. The van der Waals surface area contributed by atoms with E-state index in [1.807, 2.05) is 0 Å². The van der Waals surface area contributed by atoms with Crippen molar-refractivity contribution in [3.63, 3.8) is 0 Å². The van der Waals surface area contributed by atoms with Gasteiger partial charge in [0.05, 0.1) is 14.2 Å². The quantitative estimate of drug-likeness (QED) is 0.436. The van der Waals surface area contributed by atoms with E-state index in [2.05, 4.69) is 19.1 Å². The summed E-state index contributed by atoms with van der Waals surface area (Å²) < 4.78 is 9.69. The molecule has 0 bridgehead atoms. The SMILES string of the molecule is COC(=O)C1(C(=O)OC)CC2=C(C)CCC=CC2C1. The lowest BCUT2D eigenvalue weighted by atomic mass is 9.84. The molecule has 2 aliphatic rings. The number of hydrogen-bond acceptors (Lipinski definition) is 4. The molecular formula is C15H20O4. The Kier molecular flexibility index (Phi) is 3.78. The second-order valence-electron chi connectivity index (χ2n) is 5.33. The first-order valence-corrected chi connectivity index (χ1v) is 6.57. The fourth-order valence-corrected chi connectivity index (χ4v) is 3.18. The topological polar surface area (TPSA) is 52.6 Å². The van der Waals surface area contributed by atoms with Crippen molar-refractivity contribution < 1.29 is 19.1 Å². The Morgan fingerprint density at radius 1 is 1.26 bits per heavy atom. The predicted molar refractivity (Wildman–Crippen MR) is 70.3 cm³/mol. The first-order valence-electron chi connectivity index (χ1n) is 6.57. The van der Waals surface area contributed by atoms with Gasteiger partial charge in [-0.3, -0.25) is 9.59 Å². The molecule has 4 nitrogen and oxygen atoms in total. The molecule has 0 spiro atoms. The Morgan fingerprint density at radius 3 is 2.47 bits per heavy atom. The van der Waals surface area contributed by atoms with Gasteiger partial charge < -0.3 is 9.47 Å². The van der Waals surface area contributed by atoms with Gasteiger partial charge in [0.15, 0.2) is 5.41 Å². The number of fused-ring (bicyclic) bond motifs is 1. The van der Waals surface area contributed by atoms with Crippen molar-refractivity contribution in [1.82, 2.24) is 0 Å². The minimum Gasteiger partial charge on any atom is -0.468 e. The van der Waals surface area contributed by atoms with Gasteiger partial charge in [-0.2, -0.15) is 0 Å². The van der Waals surface area contributed by atoms with Crippen molar-refractivity contribution >= 4 is 11.9 Å². The number of esters is 2. The molecule has 0 radical (unpaired) electrons. The molecule has 2 aliphatic carbocycles. The lowest BCUT2D eigenvalue weighted by Gasteiger charge is -2.22. The van der Waals surface area contributed by atoms with Gasteiger partial charge in [0.1, 0.15) is 0 Å². The highest BCUT2D eigenvalue weighted by Crippen LogP contribution is 2.50. The molecule has 0 aromatic rings. The maximum absolute atomic E-state index is 12.1. The van der Waals surface area contributed by atoms with E-state index < -0.39 is 17.4 Å². The van der Waals surface area contributed by atoms with Crippen LogP contribution in [0.4, 0.5) is 0 Å². The average molecular weight is 264 g/mol. The molecule has 1 unspecified atom stereocenters. The Bertz CT molecular complexity index is 443. The summed E-state index contributed by atoms with van der Waals surface area (Å²) in [4.78, 5) is 24.2. The molecule has 0 heterocycles. The van der Waals surface area contributed by atoms with E-state index in [1.165, 1.54) is 25.4 Å². The van der Waals surface area contributed by atoms with Gasteiger partial charge in [0.2, 0.25) is 0 Å². The van der Waals surface area contributed by atoms with Crippen molar-refractivity contribution in [2.24, 2.45) is 11.3 Å². The number of rotatable bonds is 2. The zero-order valence-electron chi connectivity index (χ0n) is 11.7. The van der Waals surface area contributed by atoms with Crippen LogP contribution in [0, 0.1) is 11.3 Å². The summed E-state index contributed by atoms with van der Waals surface area (Å²) in [7, 11) is 2.64. The van der Waals surface area contributed by atoms with Gasteiger partial charge in [0, 0.05) is 0 Å². The van der Waals surface area contributed by atoms with Crippen LogP contribution in [0.5, 0.6) is 0 Å². The van der Waals surface area contributed by atoms with Crippen LogP contribution in [0.15, 0.2) is 23.3 Å². The summed E-state index contributed by atoms with van der Waals surface area (Å²) in [6.45, 7) is 2.08. The highest BCUT2D eigenvalue weighted by molar-refractivity contribution is 6.01. The third-order valence-corrected chi connectivity index (χ3v) is 4.26. The zero-order chi connectivity index (χ0) is 14.0. The van der Waals surface area contributed by atoms with Gasteiger partial charge >= 0.3 is 11.9 Å². The highest BCUT2D eigenvalue weighted by atomic mass is 16.5. The summed E-state index contributed by atoms with van der Waals surface area (Å²) in [6.07, 6.45) is 7.13. The zero-order valence-corrected chi connectivity index (χ0v) is 11.7. The van der Waals surface area contributed by atoms with E-state index in [1.54, 1.807) is 0 Å². The lowest BCUT2D eigenvalue weighted by Crippen LogP contribution is -2.39. The normalized spacial score (nSPS) is 24.7. The molecule has 19 heavy (non-hydrogen) atoms. The fraction of sp³-hybridized carbons (Fsp3) is 0.600. The van der Waals surface area contributed by atoms with Crippen LogP contribution >= 0.6 is 0 Å². The standard InChI is InChI=1S/C15H20O4/c1-10-6-4-5-7-11-8-15(9-12(10)11,13(16)18-2)14(17)19-3/h5,7,11H,4,6,8-9H2,1-3H3. The molecule has 4 heteroatoms. The van der Waals surface area contributed by atoms with Gasteiger partial charge in [-0.15, -0.1) is 0 Å². The Labute approximate surface area is 113 Å². The summed E-state index contributed by atoms with van der Waals surface area (Å²) >= 11 is 0. The molecule has 2 rings (SSSR count). The molecule has 0 saturated heterocycles. The van der Waals surface area contributed by atoms with Crippen LogP contribution in [-0.4, -0.2) is 26.2 Å². The van der Waals surface area contributed by atoms with Crippen LogP contribution in [0.3, 0.4) is 0 Å². The summed E-state index contributed by atoms with van der Waals surface area (Å²) in [5, 5.41) is 0. The minimum atomic E-state index is -1.16. The Morgan fingerprint density at radius 2 is 1.89 bits per heavy atom. The van der Waals surface area contributed by atoms with Crippen LogP contribution in [0.25, 0.3) is 0 Å². The minimum absolute atomic E-state index is 0.153. The number of methoxy groups -OCH3 is 2. The molecule has 104 valence electrons. The number of carbonyl (C=O) groups excluding carboxylic acids is 2. The molecule has 0 aliphatic heterocycles. The number of hydrogen-bond donors (Lipinski definition) is 0. The predicted octanol–water partition coefficient (Wildman–Crippen LogP) is 2.40. The van der Waals surface area contributed by atoms with E-state index >= 15 is 0 Å². The molecule has 1 atom stereocenters. The van der Waals surface area contributed by atoms with Crippen molar-refractivity contribution in [2.75, 3.05) is 14.2 Å². The molecule has 0 amide bonds. The maximum Gasteiger partial charge on any atom is 0.323 e. The van der Waals surface area contributed by atoms with Crippen molar-refractivity contribution in [3.8, 4) is 0 Å². The van der Waals surface area contributed by atoms with Crippen molar-refractivity contribution in [2.45, 2.75) is 32.6 Å². The van der Waals surface area contributed by atoms with E-state index in [4.69, 9.17) is 9.47 Å². The van der Waals surface area contributed by atoms with Crippen LogP contribution in [0.2, 0.25) is 0 Å². The molecule has 1 saturated carbocycles. The van der Waals surface area contributed by atoms with Crippen LogP contribution < -0.4 is 0 Å². The van der Waals surface area contributed by atoms with E-state index in [0.29, 0.717) is 12.8 Å². The third-order valence-electron chi connectivity index (χ3n) is 4.26. The van der Waals surface area contributed by atoms with Crippen molar-refractivity contribution in [3.05, 3.63) is 23.3 Å². The molecule has 0 aromatic heterocycles. The molecule has 0 aromatic carbocycles. The van der Waals surface area contributed by atoms with E-state index in [0.717, 1.165) is 12.8 Å². The second kappa shape index (κ2) is 5.19. The summed E-state index contributed by atoms with van der Waals surface area (Å²) in [5.41, 5.74) is 1.32. The summed E-state index contributed by atoms with van der Waals surface area (Å²) in [6, 6.07) is 0. The fourth-order valence-electron chi connectivity index (χ4n) is 3.18. The molecular weight excluding hydrogens is 244 g/mol. The van der Waals surface area contributed by atoms with E-state index in [9.17, 15) is 9.59 Å². The van der Waals surface area contributed by atoms with Gasteiger partial charge in [-0.05, 0) is 38.5 Å². The van der Waals surface area contributed by atoms with Gasteiger partial charge in [-0.1, -0.05) is 23.3 Å². The Hall–Kier alpha value is -1.58. The van der Waals surface area contributed by atoms with Crippen LogP contribution in [-0.2, 0) is 19.1 Å². The maximum atomic E-state index is 12.1.